The summed E-state index contributed by atoms with van der Waals surface area (Å²) in [5.74, 6) is -0.783. The number of aliphatic hydroxyl groups is 1. The lowest BCUT2D eigenvalue weighted by Crippen LogP contribution is -2.50. The second-order valence-corrected chi connectivity index (χ2v) is 4.28. The highest BCUT2D eigenvalue weighted by atomic mass is 16.5. The molecule has 0 radical (unpaired) electrons. The van der Waals surface area contributed by atoms with Crippen molar-refractivity contribution in [2.24, 2.45) is 0 Å². The van der Waals surface area contributed by atoms with E-state index in [1.807, 2.05) is 11.8 Å². The van der Waals surface area contributed by atoms with E-state index in [1.165, 1.54) is 0 Å². The molecule has 1 saturated heterocycles. The summed E-state index contributed by atoms with van der Waals surface area (Å²) in [5, 5.41) is 18.3. The maximum absolute atomic E-state index is 10.5. The summed E-state index contributed by atoms with van der Waals surface area (Å²) in [6.07, 6.45) is -0.457. The van der Waals surface area contributed by atoms with Gasteiger partial charge in [-0.3, -0.25) is 14.6 Å². The van der Waals surface area contributed by atoms with Crippen LogP contribution in [0, 0.1) is 0 Å². The van der Waals surface area contributed by atoms with Crippen molar-refractivity contribution in [3.8, 4) is 0 Å². The molecule has 0 aromatic rings. The number of carbonyl (C=O) groups is 1. The third-order valence-corrected chi connectivity index (χ3v) is 2.81. The fourth-order valence-electron chi connectivity index (χ4n) is 1.93. The summed E-state index contributed by atoms with van der Waals surface area (Å²) < 4.78 is 5.15. The van der Waals surface area contributed by atoms with Gasteiger partial charge in [-0.05, 0) is 6.92 Å². The molecule has 1 aliphatic heterocycles. The van der Waals surface area contributed by atoms with Crippen LogP contribution in [0.15, 0.2) is 0 Å². The lowest BCUT2D eigenvalue weighted by Gasteiger charge is -2.34. The molecule has 0 spiro atoms. The van der Waals surface area contributed by atoms with E-state index < -0.39 is 12.1 Å². The first-order valence-corrected chi connectivity index (χ1v) is 6.04. The van der Waals surface area contributed by atoms with E-state index in [2.05, 4.69) is 4.90 Å². The molecule has 17 heavy (non-hydrogen) atoms. The Kier molecular flexibility index (Phi) is 6.43. The third-order valence-electron chi connectivity index (χ3n) is 2.81. The van der Waals surface area contributed by atoms with Crippen LogP contribution >= 0.6 is 0 Å². The SMILES string of the molecule is CCOCC(O)CN1CCN(CC(=O)O)CC1. The predicted octanol–water partition coefficient (Wildman–Crippen LogP) is -0.914. The van der Waals surface area contributed by atoms with Gasteiger partial charge in [-0.15, -0.1) is 0 Å². The molecule has 1 aliphatic rings. The van der Waals surface area contributed by atoms with Gasteiger partial charge < -0.3 is 14.9 Å². The first kappa shape index (κ1) is 14.4. The van der Waals surface area contributed by atoms with E-state index in [1.54, 1.807) is 0 Å². The van der Waals surface area contributed by atoms with Crippen molar-refractivity contribution >= 4 is 5.97 Å². The highest BCUT2D eigenvalue weighted by Gasteiger charge is 2.20. The number of hydrogen-bond acceptors (Lipinski definition) is 5. The zero-order chi connectivity index (χ0) is 12.7. The molecular formula is C11H22N2O4. The molecular weight excluding hydrogens is 224 g/mol. The van der Waals surface area contributed by atoms with Crippen molar-refractivity contribution in [1.29, 1.82) is 0 Å². The fourth-order valence-corrected chi connectivity index (χ4v) is 1.93. The average Bonchev–Trinajstić information content (AvgIpc) is 2.28. The van der Waals surface area contributed by atoms with Crippen LogP contribution in [-0.4, -0.2) is 84.6 Å². The molecule has 0 aliphatic carbocycles. The Morgan fingerprint density at radius 3 is 2.41 bits per heavy atom. The number of piperazine rings is 1. The van der Waals surface area contributed by atoms with Crippen molar-refractivity contribution in [1.82, 2.24) is 9.80 Å². The topological polar surface area (TPSA) is 73.2 Å². The minimum atomic E-state index is -0.783. The number of carboxylic acid groups (broad SMARTS) is 1. The smallest absolute Gasteiger partial charge is 0.317 e. The van der Waals surface area contributed by atoms with Crippen molar-refractivity contribution < 1.29 is 19.7 Å². The van der Waals surface area contributed by atoms with Gasteiger partial charge in [0, 0.05) is 39.3 Å². The molecule has 6 heteroatoms. The van der Waals surface area contributed by atoms with Gasteiger partial charge in [0.1, 0.15) is 0 Å². The lowest BCUT2D eigenvalue weighted by molar-refractivity contribution is -0.138. The number of rotatable bonds is 7. The largest absolute Gasteiger partial charge is 0.480 e. The van der Waals surface area contributed by atoms with Crippen molar-refractivity contribution in [2.45, 2.75) is 13.0 Å². The maximum Gasteiger partial charge on any atom is 0.317 e. The van der Waals surface area contributed by atoms with Gasteiger partial charge in [0.2, 0.25) is 0 Å². The van der Waals surface area contributed by atoms with Crippen LogP contribution in [-0.2, 0) is 9.53 Å². The van der Waals surface area contributed by atoms with Crippen LogP contribution < -0.4 is 0 Å². The number of nitrogens with zero attached hydrogens (tertiary/aromatic N) is 2. The number of aliphatic hydroxyl groups excluding tert-OH is 1. The molecule has 1 fully saturated rings. The Hall–Kier alpha value is -0.690. The molecule has 0 bridgehead atoms. The van der Waals surface area contributed by atoms with E-state index in [0.717, 1.165) is 26.2 Å². The lowest BCUT2D eigenvalue weighted by atomic mass is 10.2. The number of ether oxygens (including phenoxy) is 1. The molecule has 6 nitrogen and oxygen atoms in total. The van der Waals surface area contributed by atoms with Crippen LogP contribution in [0.1, 0.15) is 6.92 Å². The van der Waals surface area contributed by atoms with Gasteiger partial charge in [-0.1, -0.05) is 0 Å². The van der Waals surface area contributed by atoms with Gasteiger partial charge in [0.15, 0.2) is 0 Å². The summed E-state index contributed by atoms with van der Waals surface area (Å²) in [5.41, 5.74) is 0. The highest BCUT2D eigenvalue weighted by Crippen LogP contribution is 2.02. The van der Waals surface area contributed by atoms with Crippen LogP contribution in [0.25, 0.3) is 0 Å². The van der Waals surface area contributed by atoms with Crippen molar-refractivity contribution in [3.05, 3.63) is 0 Å². The quantitative estimate of drug-likeness (QED) is 0.605. The van der Waals surface area contributed by atoms with E-state index in [-0.39, 0.29) is 6.54 Å². The molecule has 1 rings (SSSR count). The molecule has 0 aromatic heterocycles. The molecule has 100 valence electrons. The molecule has 0 amide bonds. The monoisotopic (exact) mass is 246 g/mol. The molecule has 2 N–H and O–H groups in total. The Balaban J connectivity index is 2.16. The highest BCUT2D eigenvalue weighted by molar-refractivity contribution is 5.69. The van der Waals surface area contributed by atoms with Crippen molar-refractivity contribution in [3.63, 3.8) is 0 Å². The number of β-amino-alcohol motifs (C(OH)–C–C–N with tert-alkyl or cyclic N) is 1. The second-order valence-electron chi connectivity index (χ2n) is 4.28. The Morgan fingerprint density at radius 2 is 1.88 bits per heavy atom. The third kappa shape index (κ3) is 5.97. The van der Waals surface area contributed by atoms with Crippen LogP contribution in [0.4, 0.5) is 0 Å². The molecule has 1 unspecified atom stereocenters. The molecule has 1 heterocycles. The van der Waals surface area contributed by atoms with E-state index in [9.17, 15) is 9.90 Å². The molecule has 0 saturated carbocycles. The van der Waals surface area contributed by atoms with E-state index in [4.69, 9.17) is 9.84 Å². The summed E-state index contributed by atoms with van der Waals surface area (Å²) >= 11 is 0. The zero-order valence-electron chi connectivity index (χ0n) is 10.3. The first-order valence-electron chi connectivity index (χ1n) is 6.04. The van der Waals surface area contributed by atoms with Crippen LogP contribution in [0.5, 0.6) is 0 Å². The van der Waals surface area contributed by atoms with Gasteiger partial charge in [-0.2, -0.15) is 0 Å². The standard InChI is InChI=1S/C11H22N2O4/c1-2-17-9-10(14)7-12-3-5-13(6-4-12)8-11(15)16/h10,14H,2-9H2,1H3,(H,15,16). The Bertz CT molecular complexity index is 230. The van der Waals surface area contributed by atoms with Gasteiger partial charge in [0.25, 0.3) is 0 Å². The van der Waals surface area contributed by atoms with Gasteiger partial charge in [-0.25, -0.2) is 0 Å². The van der Waals surface area contributed by atoms with E-state index in [0.29, 0.717) is 19.8 Å². The summed E-state index contributed by atoms with van der Waals surface area (Å²) in [7, 11) is 0. The predicted molar refractivity (Wildman–Crippen MR) is 63.0 cm³/mol. The minimum absolute atomic E-state index is 0.106. The van der Waals surface area contributed by atoms with Crippen LogP contribution in [0.3, 0.4) is 0 Å². The zero-order valence-corrected chi connectivity index (χ0v) is 10.3. The number of hydrogen-bond donors (Lipinski definition) is 2. The fraction of sp³-hybridized carbons (Fsp3) is 0.909. The molecule has 1 atom stereocenters. The minimum Gasteiger partial charge on any atom is -0.480 e. The Morgan fingerprint density at radius 1 is 1.29 bits per heavy atom. The second kappa shape index (κ2) is 7.60. The van der Waals surface area contributed by atoms with Gasteiger partial charge in [0.05, 0.1) is 19.3 Å². The summed E-state index contributed by atoms with van der Waals surface area (Å²) in [6.45, 7) is 6.68. The Labute approximate surface area is 102 Å². The van der Waals surface area contributed by atoms with Gasteiger partial charge >= 0.3 is 5.97 Å². The van der Waals surface area contributed by atoms with Crippen LogP contribution in [0.2, 0.25) is 0 Å². The maximum atomic E-state index is 10.5. The summed E-state index contributed by atoms with van der Waals surface area (Å²) in [6, 6.07) is 0. The molecule has 0 aromatic carbocycles. The number of carboxylic acids is 1. The first-order chi connectivity index (χ1) is 8.11. The van der Waals surface area contributed by atoms with E-state index >= 15 is 0 Å². The van der Waals surface area contributed by atoms with Crippen molar-refractivity contribution in [2.75, 3.05) is 52.5 Å². The average molecular weight is 246 g/mol. The number of aliphatic carboxylic acids is 1. The summed E-state index contributed by atoms with van der Waals surface area (Å²) in [4.78, 5) is 14.6. The normalized spacial score (nSPS) is 20.4.